The lowest BCUT2D eigenvalue weighted by molar-refractivity contribution is 0.743. The van der Waals surface area contributed by atoms with Gasteiger partial charge in [0.05, 0.1) is 12.2 Å². The van der Waals surface area contributed by atoms with Gasteiger partial charge in [0.1, 0.15) is 5.01 Å². The third-order valence-corrected chi connectivity index (χ3v) is 4.62. The SMILES string of the molecule is CCNC(=NCc1nc(C)c(C)s1)NCCCc1ccccc1. The highest BCUT2D eigenvalue weighted by Crippen LogP contribution is 2.16. The van der Waals surface area contributed by atoms with Gasteiger partial charge in [-0.2, -0.15) is 0 Å². The van der Waals surface area contributed by atoms with Crippen molar-refractivity contribution in [3.05, 3.63) is 51.5 Å². The molecule has 1 aromatic heterocycles. The first-order valence-corrected chi connectivity index (χ1v) is 8.99. The molecule has 0 saturated heterocycles. The van der Waals surface area contributed by atoms with Crippen molar-refractivity contribution in [3.63, 3.8) is 0 Å². The van der Waals surface area contributed by atoms with Crippen molar-refractivity contribution in [1.29, 1.82) is 0 Å². The molecule has 0 fully saturated rings. The molecule has 0 spiro atoms. The van der Waals surface area contributed by atoms with E-state index in [1.807, 2.05) is 6.92 Å². The lowest BCUT2D eigenvalue weighted by atomic mass is 10.1. The summed E-state index contributed by atoms with van der Waals surface area (Å²) < 4.78 is 0. The number of guanidine groups is 1. The van der Waals surface area contributed by atoms with Gasteiger partial charge in [-0.15, -0.1) is 11.3 Å². The fraction of sp³-hybridized carbons (Fsp3) is 0.444. The highest BCUT2D eigenvalue weighted by atomic mass is 32.1. The lowest BCUT2D eigenvalue weighted by Crippen LogP contribution is -2.37. The minimum Gasteiger partial charge on any atom is -0.357 e. The Kier molecular flexibility index (Phi) is 7.07. The number of nitrogens with zero attached hydrogens (tertiary/aromatic N) is 2. The summed E-state index contributed by atoms with van der Waals surface area (Å²) in [5.74, 6) is 0.867. The minimum atomic E-state index is 0.632. The molecule has 4 nitrogen and oxygen atoms in total. The Bertz CT molecular complexity index is 600. The Morgan fingerprint density at radius 2 is 1.96 bits per heavy atom. The average Bonchev–Trinajstić information content (AvgIpc) is 2.88. The molecule has 2 rings (SSSR count). The second-order valence-electron chi connectivity index (χ2n) is 5.46. The molecule has 1 heterocycles. The zero-order valence-corrected chi connectivity index (χ0v) is 15.0. The lowest BCUT2D eigenvalue weighted by Gasteiger charge is -2.10. The normalized spacial score (nSPS) is 11.5. The summed E-state index contributed by atoms with van der Waals surface area (Å²) in [7, 11) is 0. The van der Waals surface area contributed by atoms with Crippen LogP contribution < -0.4 is 10.6 Å². The molecule has 0 unspecified atom stereocenters. The van der Waals surface area contributed by atoms with Gasteiger partial charge in [0, 0.05) is 18.0 Å². The van der Waals surface area contributed by atoms with Crippen LogP contribution in [-0.4, -0.2) is 24.0 Å². The van der Waals surface area contributed by atoms with E-state index in [4.69, 9.17) is 0 Å². The minimum absolute atomic E-state index is 0.632. The average molecular weight is 331 g/mol. The quantitative estimate of drug-likeness (QED) is 0.464. The second-order valence-corrected chi connectivity index (χ2v) is 6.75. The Balaban J connectivity index is 1.79. The number of hydrogen-bond donors (Lipinski definition) is 2. The van der Waals surface area contributed by atoms with Crippen molar-refractivity contribution in [2.45, 2.75) is 40.2 Å². The predicted molar refractivity (Wildman–Crippen MR) is 99.2 cm³/mol. The summed E-state index contributed by atoms with van der Waals surface area (Å²) in [5, 5.41) is 7.76. The Labute approximate surface area is 143 Å². The van der Waals surface area contributed by atoms with E-state index in [1.165, 1.54) is 10.4 Å². The highest BCUT2D eigenvalue weighted by Gasteiger charge is 2.03. The van der Waals surface area contributed by atoms with Crippen molar-refractivity contribution in [3.8, 4) is 0 Å². The number of thiazole rings is 1. The van der Waals surface area contributed by atoms with Crippen LogP contribution in [0.25, 0.3) is 0 Å². The van der Waals surface area contributed by atoms with Crippen LogP contribution in [-0.2, 0) is 13.0 Å². The molecule has 2 N–H and O–H groups in total. The molecule has 0 aliphatic rings. The first kappa shape index (κ1) is 17.5. The highest BCUT2D eigenvalue weighted by molar-refractivity contribution is 7.11. The molecule has 0 aliphatic carbocycles. The fourth-order valence-corrected chi connectivity index (χ4v) is 3.10. The van der Waals surface area contributed by atoms with Crippen LogP contribution in [0.2, 0.25) is 0 Å². The summed E-state index contributed by atoms with van der Waals surface area (Å²) in [6.45, 7) is 8.64. The molecule has 0 atom stereocenters. The molecular formula is C18H26N4S. The van der Waals surface area contributed by atoms with Crippen molar-refractivity contribution >= 4 is 17.3 Å². The molecular weight excluding hydrogens is 304 g/mol. The number of aryl methyl sites for hydroxylation is 3. The molecule has 0 aliphatic heterocycles. The zero-order chi connectivity index (χ0) is 16.5. The Hall–Kier alpha value is -1.88. The van der Waals surface area contributed by atoms with Crippen LogP contribution in [0.5, 0.6) is 0 Å². The smallest absolute Gasteiger partial charge is 0.191 e. The van der Waals surface area contributed by atoms with Crippen LogP contribution in [0.15, 0.2) is 35.3 Å². The van der Waals surface area contributed by atoms with Crippen LogP contribution >= 0.6 is 11.3 Å². The maximum Gasteiger partial charge on any atom is 0.191 e. The molecule has 1 aromatic carbocycles. The number of aromatic nitrogens is 1. The first-order valence-electron chi connectivity index (χ1n) is 8.18. The van der Waals surface area contributed by atoms with Crippen molar-refractivity contribution in [2.75, 3.05) is 13.1 Å². The Morgan fingerprint density at radius 3 is 2.61 bits per heavy atom. The summed E-state index contributed by atoms with van der Waals surface area (Å²) in [5.41, 5.74) is 2.49. The Morgan fingerprint density at radius 1 is 1.17 bits per heavy atom. The molecule has 23 heavy (non-hydrogen) atoms. The topological polar surface area (TPSA) is 49.3 Å². The van der Waals surface area contributed by atoms with Gasteiger partial charge in [0.25, 0.3) is 0 Å². The van der Waals surface area contributed by atoms with Gasteiger partial charge in [-0.05, 0) is 39.2 Å². The third-order valence-electron chi connectivity index (χ3n) is 3.57. The van der Waals surface area contributed by atoms with E-state index in [9.17, 15) is 0 Å². The van der Waals surface area contributed by atoms with E-state index < -0.39 is 0 Å². The number of nitrogens with one attached hydrogen (secondary N) is 2. The van der Waals surface area contributed by atoms with Crippen LogP contribution in [0.1, 0.15) is 34.5 Å². The molecule has 0 radical (unpaired) electrons. The van der Waals surface area contributed by atoms with Crippen molar-refractivity contribution in [1.82, 2.24) is 15.6 Å². The molecule has 124 valence electrons. The summed E-state index contributed by atoms with van der Waals surface area (Å²) in [6.07, 6.45) is 2.17. The number of benzene rings is 1. The van der Waals surface area contributed by atoms with Gasteiger partial charge in [-0.1, -0.05) is 30.3 Å². The molecule has 0 bridgehead atoms. The maximum absolute atomic E-state index is 4.63. The standard InChI is InChI=1S/C18H26N4S/c1-4-19-18(21-13-17-22-14(2)15(3)23-17)20-12-8-11-16-9-6-5-7-10-16/h5-7,9-10H,4,8,11-13H2,1-3H3,(H2,19,20,21). The van der Waals surface area contributed by atoms with Crippen molar-refractivity contribution < 1.29 is 0 Å². The van der Waals surface area contributed by atoms with E-state index in [-0.39, 0.29) is 0 Å². The molecule has 0 saturated carbocycles. The number of aliphatic imine (C=N–C) groups is 1. The predicted octanol–water partition coefficient (Wildman–Crippen LogP) is 3.45. The van der Waals surface area contributed by atoms with Gasteiger partial charge >= 0.3 is 0 Å². The monoisotopic (exact) mass is 330 g/mol. The van der Waals surface area contributed by atoms with E-state index in [0.29, 0.717) is 6.54 Å². The van der Waals surface area contributed by atoms with E-state index >= 15 is 0 Å². The van der Waals surface area contributed by atoms with Gasteiger partial charge < -0.3 is 10.6 Å². The van der Waals surface area contributed by atoms with Gasteiger partial charge in [-0.3, -0.25) is 0 Å². The van der Waals surface area contributed by atoms with Gasteiger partial charge in [0.15, 0.2) is 5.96 Å². The van der Waals surface area contributed by atoms with Crippen molar-refractivity contribution in [2.24, 2.45) is 4.99 Å². The third kappa shape index (κ3) is 6.02. The zero-order valence-electron chi connectivity index (χ0n) is 14.2. The summed E-state index contributed by atoms with van der Waals surface area (Å²) in [4.78, 5) is 10.4. The van der Waals surface area contributed by atoms with E-state index in [0.717, 1.165) is 42.6 Å². The molecule has 2 aromatic rings. The maximum atomic E-state index is 4.63. The van der Waals surface area contributed by atoms with Gasteiger partial charge in [0.2, 0.25) is 0 Å². The summed E-state index contributed by atoms with van der Waals surface area (Å²) >= 11 is 1.73. The van der Waals surface area contributed by atoms with Gasteiger partial charge in [-0.25, -0.2) is 9.98 Å². The van der Waals surface area contributed by atoms with E-state index in [2.05, 4.69) is 64.8 Å². The van der Waals surface area contributed by atoms with Crippen LogP contribution in [0, 0.1) is 13.8 Å². The summed E-state index contributed by atoms with van der Waals surface area (Å²) in [6, 6.07) is 10.6. The number of hydrogen-bond acceptors (Lipinski definition) is 3. The number of rotatable bonds is 7. The molecule has 0 amide bonds. The largest absolute Gasteiger partial charge is 0.357 e. The fourth-order valence-electron chi connectivity index (χ4n) is 2.24. The van der Waals surface area contributed by atoms with Crippen LogP contribution in [0.3, 0.4) is 0 Å². The van der Waals surface area contributed by atoms with Crippen LogP contribution in [0.4, 0.5) is 0 Å². The second kappa shape index (κ2) is 9.30. The first-order chi connectivity index (χ1) is 11.2. The molecule has 5 heteroatoms. The van der Waals surface area contributed by atoms with E-state index in [1.54, 1.807) is 11.3 Å².